The Balaban J connectivity index is 1.78. The van der Waals surface area contributed by atoms with Crippen molar-refractivity contribution in [3.05, 3.63) is 41.8 Å². The van der Waals surface area contributed by atoms with Gasteiger partial charge in [-0.15, -0.1) is 11.3 Å². The number of rotatable bonds is 5. The molecule has 3 aromatic rings. The highest BCUT2D eigenvalue weighted by Gasteiger charge is 2.11. The number of hydrogen-bond donors (Lipinski definition) is 0. The van der Waals surface area contributed by atoms with E-state index in [-0.39, 0.29) is 6.10 Å². The van der Waals surface area contributed by atoms with Gasteiger partial charge < -0.3 is 9.26 Å². The minimum Gasteiger partial charge on any atom is -0.491 e. The minimum absolute atomic E-state index is 0.214. The van der Waals surface area contributed by atoms with Gasteiger partial charge in [0.1, 0.15) is 5.75 Å². The van der Waals surface area contributed by atoms with Gasteiger partial charge in [-0.3, -0.25) is 0 Å². The van der Waals surface area contributed by atoms with E-state index in [4.69, 9.17) is 9.26 Å². The van der Waals surface area contributed by atoms with Crippen LogP contribution in [0.3, 0.4) is 0 Å². The molecule has 108 valence electrons. The molecule has 0 N–H and O–H groups in total. The van der Waals surface area contributed by atoms with Crippen LogP contribution in [-0.2, 0) is 0 Å². The summed E-state index contributed by atoms with van der Waals surface area (Å²) in [5.41, 5.74) is 0.915. The number of nitrogens with zero attached hydrogens (tertiary/aromatic N) is 2. The maximum Gasteiger partial charge on any atom is 0.268 e. The number of hydrogen-bond acceptors (Lipinski definition) is 5. The largest absolute Gasteiger partial charge is 0.491 e. The van der Waals surface area contributed by atoms with Crippen molar-refractivity contribution in [3.8, 4) is 27.9 Å². The third kappa shape index (κ3) is 3.13. The zero-order valence-corrected chi connectivity index (χ0v) is 12.8. The molecule has 0 radical (unpaired) electrons. The monoisotopic (exact) mass is 300 g/mol. The molecule has 0 bridgehead atoms. The number of thiophene rings is 1. The van der Waals surface area contributed by atoms with Gasteiger partial charge in [-0.1, -0.05) is 18.1 Å². The van der Waals surface area contributed by atoms with E-state index in [9.17, 15) is 0 Å². The molecule has 4 nitrogen and oxygen atoms in total. The molecule has 0 aliphatic heterocycles. The first-order valence-electron chi connectivity index (χ1n) is 6.91. The topological polar surface area (TPSA) is 48.2 Å². The maximum absolute atomic E-state index is 5.76. The van der Waals surface area contributed by atoms with E-state index in [1.54, 1.807) is 11.3 Å². The number of ether oxygens (including phenoxy) is 1. The summed E-state index contributed by atoms with van der Waals surface area (Å²) in [5, 5.41) is 6.02. The van der Waals surface area contributed by atoms with Crippen molar-refractivity contribution >= 4 is 11.3 Å². The smallest absolute Gasteiger partial charge is 0.268 e. The Morgan fingerprint density at radius 1 is 1.24 bits per heavy atom. The van der Waals surface area contributed by atoms with E-state index in [0.29, 0.717) is 11.7 Å². The first kappa shape index (κ1) is 13.8. The van der Waals surface area contributed by atoms with Crippen molar-refractivity contribution < 1.29 is 9.26 Å². The van der Waals surface area contributed by atoms with Crippen LogP contribution in [0.4, 0.5) is 0 Å². The molecule has 0 spiro atoms. The Morgan fingerprint density at radius 3 is 2.71 bits per heavy atom. The molecule has 0 aliphatic carbocycles. The molecule has 1 unspecified atom stereocenters. The van der Waals surface area contributed by atoms with Crippen LogP contribution in [0.5, 0.6) is 5.75 Å². The molecule has 0 saturated carbocycles. The van der Waals surface area contributed by atoms with Crippen molar-refractivity contribution in [1.82, 2.24) is 10.1 Å². The van der Waals surface area contributed by atoms with Crippen molar-refractivity contribution in [1.29, 1.82) is 0 Å². The van der Waals surface area contributed by atoms with Crippen LogP contribution < -0.4 is 4.74 Å². The summed E-state index contributed by atoms with van der Waals surface area (Å²) in [4.78, 5) is 5.40. The van der Waals surface area contributed by atoms with Crippen LogP contribution in [-0.4, -0.2) is 16.2 Å². The molecular formula is C16H16N2O2S. The normalized spacial score (nSPS) is 12.3. The van der Waals surface area contributed by atoms with E-state index in [0.717, 1.165) is 22.6 Å². The molecule has 21 heavy (non-hydrogen) atoms. The maximum atomic E-state index is 5.76. The number of benzene rings is 1. The van der Waals surface area contributed by atoms with Crippen LogP contribution in [0.25, 0.3) is 22.2 Å². The molecule has 0 aliphatic rings. The van der Waals surface area contributed by atoms with Gasteiger partial charge in [0.2, 0.25) is 5.82 Å². The van der Waals surface area contributed by atoms with Crippen molar-refractivity contribution in [2.75, 3.05) is 0 Å². The van der Waals surface area contributed by atoms with Gasteiger partial charge in [-0.05, 0) is 49.1 Å². The fourth-order valence-corrected chi connectivity index (χ4v) is 2.48. The van der Waals surface area contributed by atoms with Gasteiger partial charge in [-0.25, -0.2) is 0 Å². The summed E-state index contributed by atoms with van der Waals surface area (Å²) in [6.07, 6.45) is 1.20. The molecule has 3 rings (SSSR count). The average Bonchev–Trinajstić information content (AvgIpc) is 3.19. The van der Waals surface area contributed by atoms with Crippen LogP contribution >= 0.6 is 11.3 Å². The Labute approximate surface area is 127 Å². The van der Waals surface area contributed by atoms with Gasteiger partial charge >= 0.3 is 0 Å². The first-order valence-corrected chi connectivity index (χ1v) is 7.79. The predicted octanol–water partition coefficient (Wildman–Crippen LogP) is 4.64. The lowest BCUT2D eigenvalue weighted by Gasteiger charge is -2.12. The molecule has 2 heterocycles. The van der Waals surface area contributed by atoms with E-state index >= 15 is 0 Å². The summed E-state index contributed by atoms with van der Waals surface area (Å²) in [6.45, 7) is 4.16. The Hall–Kier alpha value is -2.14. The van der Waals surface area contributed by atoms with Crippen molar-refractivity contribution in [3.63, 3.8) is 0 Å². The Morgan fingerprint density at radius 2 is 2.05 bits per heavy atom. The Kier molecular flexibility index (Phi) is 4.01. The lowest BCUT2D eigenvalue weighted by Crippen LogP contribution is -2.09. The van der Waals surface area contributed by atoms with Gasteiger partial charge in [0.05, 0.1) is 11.0 Å². The summed E-state index contributed by atoms with van der Waals surface area (Å²) in [7, 11) is 0. The fourth-order valence-electron chi connectivity index (χ4n) is 1.84. The van der Waals surface area contributed by atoms with Crippen molar-refractivity contribution in [2.24, 2.45) is 0 Å². The van der Waals surface area contributed by atoms with Crippen molar-refractivity contribution in [2.45, 2.75) is 26.4 Å². The molecule has 0 fully saturated rings. The summed E-state index contributed by atoms with van der Waals surface area (Å²) >= 11 is 1.58. The minimum atomic E-state index is 0.214. The predicted molar refractivity (Wildman–Crippen MR) is 83.4 cm³/mol. The third-order valence-corrected chi connectivity index (χ3v) is 4.04. The molecule has 1 aromatic carbocycles. The molecule has 2 aromatic heterocycles. The molecule has 5 heteroatoms. The van der Waals surface area contributed by atoms with Crippen LogP contribution in [0.15, 0.2) is 46.3 Å². The number of aromatic nitrogens is 2. The average molecular weight is 300 g/mol. The van der Waals surface area contributed by atoms with Gasteiger partial charge in [-0.2, -0.15) is 4.98 Å². The SMILES string of the molecule is CCC(C)Oc1ccc(-c2noc(-c3cccs3)n2)cc1. The second kappa shape index (κ2) is 6.10. The van der Waals surface area contributed by atoms with Gasteiger partial charge in [0.25, 0.3) is 5.89 Å². The highest BCUT2D eigenvalue weighted by molar-refractivity contribution is 7.13. The lowest BCUT2D eigenvalue weighted by atomic mass is 10.2. The molecular weight excluding hydrogens is 284 g/mol. The standard InChI is InChI=1S/C16H16N2O2S/c1-3-11(2)19-13-8-6-12(7-9-13)15-17-16(20-18-15)14-5-4-10-21-14/h4-11H,3H2,1-2H3. The van der Waals surface area contributed by atoms with E-state index in [1.165, 1.54) is 0 Å². The molecule has 0 saturated heterocycles. The molecule has 1 atom stereocenters. The quantitative estimate of drug-likeness (QED) is 0.688. The highest BCUT2D eigenvalue weighted by atomic mass is 32.1. The third-order valence-electron chi connectivity index (χ3n) is 3.18. The fraction of sp³-hybridized carbons (Fsp3) is 0.250. The molecule has 0 amide bonds. The lowest BCUT2D eigenvalue weighted by molar-refractivity contribution is 0.217. The second-order valence-electron chi connectivity index (χ2n) is 4.76. The van der Waals surface area contributed by atoms with E-state index < -0.39 is 0 Å². The summed E-state index contributed by atoms with van der Waals surface area (Å²) < 4.78 is 11.0. The second-order valence-corrected chi connectivity index (χ2v) is 5.71. The zero-order valence-electron chi connectivity index (χ0n) is 11.9. The highest BCUT2D eigenvalue weighted by Crippen LogP contribution is 2.26. The van der Waals surface area contributed by atoms with Crippen LogP contribution in [0, 0.1) is 0 Å². The van der Waals surface area contributed by atoms with Gasteiger partial charge in [0.15, 0.2) is 0 Å². The summed E-state index contributed by atoms with van der Waals surface area (Å²) in [5.74, 6) is 2.00. The van der Waals surface area contributed by atoms with Crippen LogP contribution in [0.2, 0.25) is 0 Å². The zero-order chi connectivity index (χ0) is 14.7. The van der Waals surface area contributed by atoms with E-state index in [2.05, 4.69) is 24.0 Å². The van der Waals surface area contributed by atoms with Crippen LogP contribution in [0.1, 0.15) is 20.3 Å². The first-order chi connectivity index (χ1) is 10.3. The van der Waals surface area contributed by atoms with E-state index in [1.807, 2.05) is 41.8 Å². The Bertz CT molecular complexity index is 689. The summed E-state index contributed by atoms with van der Waals surface area (Å²) in [6, 6.07) is 11.7. The van der Waals surface area contributed by atoms with Gasteiger partial charge in [0, 0.05) is 5.56 Å².